The van der Waals surface area contributed by atoms with Crippen LogP contribution in [0.4, 0.5) is 5.69 Å². The molecule has 0 bridgehead atoms. The molecule has 2 rings (SSSR count). The van der Waals surface area contributed by atoms with Gasteiger partial charge in [0.2, 0.25) is 0 Å². The lowest BCUT2D eigenvalue weighted by Gasteiger charge is -2.32. The molecular formula is C15H17NO5. The van der Waals surface area contributed by atoms with E-state index in [0.717, 1.165) is 6.08 Å². The van der Waals surface area contributed by atoms with Gasteiger partial charge in [-0.05, 0) is 30.2 Å². The van der Waals surface area contributed by atoms with Crippen molar-refractivity contribution in [3.8, 4) is 11.5 Å². The maximum absolute atomic E-state index is 12.1. The number of benzene rings is 1. The Morgan fingerprint density at radius 1 is 1.52 bits per heavy atom. The lowest BCUT2D eigenvalue weighted by Crippen LogP contribution is -2.43. The van der Waals surface area contributed by atoms with Crippen molar-refractivity contribution in [2.24, 2.45) is 0 Å². The minimum Gasteiger partial charge on any atom is -0.493 e. The second-order valence-electron chi connectivity index (χ2n) is 4.65. The molecule has 1 N–H and O–H groups in total. The molecule has 21 heavy (non-hydrogen) atoms. The van der Waals surface area contributed by atoms with Crippen molar-refractivity contribution in [3.63, 3.8) is 0 Å². The minimum absolute atomic E-state index is 0.133. The molecule has 1 amide bonds. The number of nitrogens with zero attached hydrogens (tertiary/aromatic N) is 1. The van der Waals surface area contributed by atoms with Gasteiger partial charge in [0.25, 0.3) is 5.91 Å². The molecule has 1 heterocycles. The van der Waals surface area contributed by atoms with Crippen molar-refractivity contribution < 1.29 is 24.2 Å². The number of hydrogen-bond donors (Lipinski definition) is 1. The lowest BCUT2D eigenvalue weighted by molar-refractivity contribution is -0.131. The van der Waals surface area contributed by atoms with Crippen LogP contribution in [0.2, 0.25) is 0 Å². The number of methoxy groups -OCH3 is 1. The van der Waals surface area contributed by atoms with Crippen molar-refractivity contribution in [1.82, 2.24) is 0 Å². The highest BCUT2D eigenvalue weighted by Gasteiger charge is 2.33. The van der Waals surface area contributed by atoms with Gasteiger partial charge in [0.1, 0.15) is 0 Å². The van der Waals surface area contributed by atoms with Crippen molar-refractivity contribution in [2.75, 3.05) is 19.1 Å². The lowest BCUT2D eigenvalue weighted by atomic mass is 10.1. The van der Waals surface area contributed by atoms with Crippen molar-refractivity contribution >= 4 is 23.6 Å². The molecule has 1 aliphatic heterocycles. The van der Waals surface area contributed by atoms with Crippen LogP contribution in [-0.4, -0.2) is 37.2 Å². The van der Waals surface area contributed by atoms with E-state index in [4.69, 9.17) is 14.6 Å². The summed E-state index contributed by atoms with van der Waals surface area (Å²) in [5.41, 5.74) is 1.18. The first-order chi connectivity index (χ1) is 9.97. The summed E-state index contributed by atoms with van der Waals surface area (Å²) in [7, 11) is 3.16. The van der Waals surface area contributed by atoms with Crippen LogP contribution in [0.1, 0.15) is 18.9 Å². The maximum Gasteiger partial charge on any atom is 0.328 e. The zero-order valence-corrected chi connectivity index (χ0v) is 12.1. The molecule has 0 fully saturated rings. The summed E-state index contributed by atoms with van der Waals surface area (Å²) < 4.78 is 11.0. The van der Waals surface area contributed by atoms with E-state index in [1.807, 2.05) is 6.92 Å². The highest BCUT2D eigenvalue weighted by atomic mass is 16.5. The van der Waals surface area contributed by atoms with Crippen LogP contribution >= 0.6 is 0 Å². The first-order valence-electron chi connectivity index (χ1n) is 6.55. The van der Waals surface area contributed by atoms with Gasteiger partial charge in [-0.15, -0.1) is 0 Å². The normalized spacial score (nSPS) is 17.6. The molecule has 0 spiro atoms. The molecule has 1 aromatic carbocycles. The molecule has 1 atom stereocenters. The Morgan fingerprint density at radius 3 is 2.81 bits per heavy atom. The molecular weight excluding hydrogens is 274 g/mol. The molecule has 0 saturated heterocycles. The molecule has 1 unspecified atom stereocenters. The summed E-state index contributed by atoms with van der Waals surface area (Å²) >= 11 is 0. The molecule has 0 aliphatic carbocycles. The summed E-state index contributed by atoms with van der Waals surface area (Å²) in [5, 5.41) is 8.69. The first kappa shape index (κ1) is 14.9. The Labute approximate surface area is 122 Å². The molecule has 0 saturated carbocycles. The predicted octanol–water partition coefficient (Wildman–Crippen LogP) is 1.93. The quantitative estimate of drug-likeness (QED) is 0.858. The second-order valence-corrected chi connectivity index (χ2v) is 4.65. The van der Waals surface area contributed by atoms with Crippen molar-refractivity contribution in [1.29, 1.82) is 0 Å². The van der Waals surface area contributed by atoms with Crippen LogP contribution in [0.3, 0.4) is 0 Å². The van der Waals surface area contributed by atoms with E-state index in [1.54, 1.807) is 19.2 Å². The number of hydrogen-bond acceptors (Lipinski definition) is 4. The summed E-state index contributed by atoms with van der Waals surface area (Å²) in [4.78, 5) is 24.3. The average Bonchev–Trinajstić information content (AvgIpc) is 2.48. The Morgan fingerprint density at radius 2 is 2.24 bits per heavy atom. The van der Waals surface area contributed by atoms with Crippen LogP contribution < -0.4 is 14.4 Å². The fourth-order valence-electron chi connectivity index (χ4n) is 2.18. The van der Waals surface area contributed by atoms with Gasteiger partial charge in [0, 0.05) is 13.1 Å². The topological polar surface area (TPSA) is 76.1 Å². The van der Waals surface area contributed by atoms with Crippen LogP contribution in [0, 0.1) is 0 Å². The highest BCUT2D eigenvalue weighted by molar-refractivity contribution is 6.00. The van der Waals surface area contributed by atoms with Crippen LogP contribution in [0.5, 0.6) is 11.5 Å². The number of carbonyl (C=O) groups excluding carboxylic acids is 1. The van der Waals surface area contributed by atoms with E-state index in [2.05, 4.69) is 0 Å². The van der Waals surface area contributed by atoms with E-state index in [-0.39, 0.29) is 5.91 Å². The standard InChI is InChI=1S/C15H17NO5/c1-4-11-15(19)16(2)10-7-9(5-6-13(17)18)8-12(20-3)14(10)21-11/h5-8,11H,4H2,1-3H3,(H,17,18)/b6-5+. The first-order valence-corrected chi connectivity index (χ1v) is 6.55. The largest absolute Gasteiger partial charge is 0.493 e. The number of amides is 1. The number of aliphatic carboxylic acids is 1. The molecule has 0 aromatic heterocycles. The van der Waals surface area contributed by atoms with E-state index in [0.29, 0.717) is 29.2 Å². The SMILES string of the molecule is CCC1Oc2c(OC)cc(/C=C/C(=O)O)cc2N(C)C1=O. The van der Waals surface area contributed by atoms with E-state index < -0.39 is 12.1 Å². The molecule has 1 aliphatic rings. The number of fused-ring (bicyclic) bond motifs is 1. The zero-order valence-electron chi connectivity index (χ0n) is 12.1. The molecule has 6 nitrogen and oxygen atoms in total. The molecule has 0 radical (unpaired) electrons. The van der Waals surface area contributed by atoms with Gasteiger partial charge in [-0.2, -0.15) is 0 Å². The summed E-state index contributed by atoms with van der Waals surface area (Å²) in [5.74, 6) is -0.209. The zero-order chi connectivity index (χ0) is 15.6. The smallest absolute Gasteiger partial charge is 0.328 e. The van der Waals surface area contributed by atoms with Gasteiger partial charge in [-0.3, -0.25) is 4.79 Å². The van der Waals surface area contributed by atoms with Crippen LogP contribution in [0.25, 0.3) is 6.08 Å². The third-order valence-corrected chi connectivity index (χ3v) is 3.29. The number of rotatable bonds is 4. The fraction of sp³-hybridized carbons (Fsp3) is 0.333. The third-order valence-electron chi connectivity index (χ3n) is 3.29. The average molecular weight is 291 g/mol. The monoisotopic (exact) mass is 291 g/mol. The Hall–Kier alpha value is -2.50. The van der Waals surface area contributed by atoms with Crippen LogP contribution in [-0.2, 0) is 9.59 Å². The van der Waals surface area contributed by atoms with E-state index >= 15 is 0 Å². The minimum atomic E-state index is -1.04. The van der Waals surface area contributed by atoms with Gasteiger partial charge < -0.3 is 19.5 Å². The van der Waals surface area contributed by atoms with Gasteiger partial charge in [0.05, 0.1) is 12.8 Å². The summed E-state index contributed by atoms with van der Waals surface area (Å²) in [6.45, 7) is 1.87. The predicted molar refractivity (Wildman–Crippen MR) is 77.8 cm³/mol. The summed E-state index contributed by atoms with van der Waals surface area (Å²) in [6.07, 6.45) is 2.50. The Bertz CT molecular complexity index is 608. The maximum atomic E-state index is 12.1. The van der Waals surface area contributed by atoms with Gasteiger partial charge in [-0.1, -0.05) is 6.92 Å². The van der Waals surface area contributed by atoms with Crippen LogP contribution in [0.15, 0.2) is 18.2 Å². The highest BCUT2D eigenvalue weighted by Crippen LogP contribution is 2.42. The van der Waals surface area contributed by atoms with Crippen molar-refractivity contribution in [3.05, 3.63) is 23.8 Å². The van der Waals surface area contributed by atoms with Gasteiger partial charge in [-0.25, -0.2) is 4.79 Å². The molecule has 6 heteroatoms. The number of carbonyl (C=O) groups is 2. The van der Waals surface area contributed by atoms with Gasteiger partial charge >= 0.3 is 5.97 Å². The van der Waals surface area contributed by atoms with Gasteiger partial charge in [0.15, 0.2) is 17.6 Å². The number of ether oxygens (including phenoxy) is 2. The summed E-state index contributed by atoms with van der Waals surface area (Å²) in [6, 6.07) is 3.37. The number of likely N-dealkylation sites (N-methyl/N-ethyl adjacent to an activating group) is 1. The Kier molecular flexibility index (Phi) is 4.16. The van der Waals surface area contributed by atoms with Crippen molar-refractivity contribution in [2.45, 2.75) is 19.4 Å². The van der Waals surface area contributed by atoms with E-state index in [1.165, 1.54) is 18.1 Å². The number of anilines is 1. The van der Waals surface area contributed by atoms with E-state index in [9.17, 15) is 9.59 Å². The Balaban J connectivity index is 2.51. The third kappa shape index (κ3) is 2.84. The number of carboxylic acids is 1. The number of carboxylic acid groups (broad SMARTS) is 1. The molecule has 1 aromatic rings. The fourth-order valence-corrected chi connectivity index (χ4v) is 2.18. The molecule has 112 valence electrons. The second kappa shape index (κ2) is 5.87.